The summed E-state index contributed by atoms with van der Waals surface area (Å²) < 4.78 is 13.6. The number of ether oxygens (including phenoxy) is 2. The fraction of sp³-hybridized carbons (Fsp3) is 0.571. The number of nitrogens with one attached hydrogen (secondary N) is 1. The van der Waals surface area contributed by atoms with Gasteiger partial charge in [0, 0.05) is 12.1 Å². The first-order valence-corrected chi connectivity index (χ1v) is 10.6. The van der Waals surface area contributed by atoms with Crippen molar-refractivity contribution in [1.82, 2.24) is 25.2 Å². The van der Waals surface area contributed by atoms with Gasteiger partial charge in [0.05, 0.1) is 17.8 Å². The van der Waals surface area contributed by atoms with Crippen LogP contribution in [0.2, 0.25) is 0 Å². The van der Waals surface area contributed by atoms with E-state index in [2.05, 4.69) is 15.6 Å². The fourth-order valence-corrected chi connectivity index (χ4v) is 4.76. The van der Waals surface area contributed by atoms with Gasteiger partial charge in [-0.25, -0.2) is 4.68 Å². The third kappa shape index (κ3) is 3.25. The van der Waals surface area contributed by atoms with Crippen LogP contribution in [-0.2, 0) is 0 Å². The van der Waals surface area contributed by atoms with Crippen LogP contribution in [0.5, 0.6) is 11.5 Å². The molecule has 29 heavy (non-hydrogen) atoms. The Morgan fingerprint density at radius 2 is 2.00 bits per heavy atom. The number of piperidine rings is 1. The molecule has 1 amide bonds. The van der Waals surface area contributed by atoms with Crippen molar-refractivity contribution in [2.45, 2.75) is 44.7 Å². The molecule has 1 aromatic carbocycles. The van der Waals surface area contributed by atoms with Gasteiger partial charge in [-0.15, -0.1) is 5.10 Å². The first-order valence-electron chi connectivity index (χ1n) is 10.6. The summed E-state index contributed by atoms with van der Waals surface area (Å²) in [5.74, 6) is 1.50. The standard InChI is InChI=1S/C21H27N5O3/c1-14-19(23-24-26(14)15-7-9-22-10-8-15)21(27)25-11-3-5-17(25)16-4-2-6-18-20(16)29-13-12-28-18/h2,4,6,15,17,22H,3,5,7-13H2,1H3/t17-/m1/s1. The molecule has 3 aliphatic rings. The number of nitrogens with zero attached hydrogens (tertiary/aromatic N) is 4. The van der Waals surface area contributed by atoms with Crippen molar-refractivity contribution in [3.63, 3.8) is 0 Å². The van der Waals surface area contributed by atoms with Crippen molar-refractivity contribution in [3.05, 3.63) is 35.2 Å². The molecule has 5 rings (SSSR count). The van der Waals surface area contributed by atoms with Crippen LogP contribution in [0.1, 0.15) is 59.5 Å². The molecular formula is C21H27N5O3. The summed E-state index contributed by atoms with van der Waals surface area (Å²) in [7, 11) is 0. The Kier molecular flexibility index (Phi) is 4.87. The van der Waals surface area contributed by atoms with Gasteiger partial charge in [0.2, 0.25) is 0 Å². The maximum Gasteiger partial charge on any atom is 0.276 e. The quantitative estimate of drug-likeness (QED) is 0.856. The van der Waals surface area contributed by atoms with E-state index in [4.69, 9.17) is 9.47 Å². The first-order chi connectivity index (χ1) is 14.2. The van der Waals surface area contributed by atoms with Crippen LogP contribution in [0.4, 0.5) is 0 Å². The minimum atomic E-state index is -0.0421. The van der Waals surface area contributed by atoms with Gasteiger partial charge in [0.1, 0.15) is 13.2 Å². The van der Waals surface area contributed by atoms with E-state index in [-0.39, 0.29) is 11.9 Å². The lowest BCUT2D eigenvalue weighted by molar-refractivity contribution is 0.0724. The predicted molar refractivity (Wildman–Crippen MR) is 106 cm³/mol. The first kappa shape index (κ1) is 18.4. The molecule has 1 N–H and O–H groups in total. The Morgan fingerprint density at radius 3 is 2.86 bits per heavy atom. The summed E-state index contributed by atoms with van der Waals surface area (Å²) in [4.78, 5) is 15.4. The van der Waals surface area contributed by atoms with Crippen LogP contribution in [0, 0.1) is 6.92 Å². The van der Waals surface area contributed by atoms with E-state index in [1.807, 2.05) is 34.7 Å². The minimum Gasteiger partial charge on any atom is -0.486 e. The highest BCUT2D eigenvalue weighted by atomic mass is 16.6. The molecule has 1 aromatic heterocycles. The van der Waals surface area contributed by atoms with Gasteiger partial charge >= 0.3 is 0 Å². The Balaban J connectivity index is 1.42. The number of hydrogen-bond donors (Lipinski definition) is 1. The van der Waals surface area contributed by atoms with Crippen LogP contribution < -0.4 is 14.8 Å². The molecule has 4 heterocycles. The third-order valence-electron chi connectivity index (χ3n) is 6.25. The summed E-state index contributed by atoms with van der Waals surface area (Å²) >= 11 is 0. The van der Waals surface area contributed by atoms with Crippen molar-refractivity contribution < 1.29 is 14.3 Å². The SMILES string of the molecule is Cc1c(C(=O)N2CCC[C@@H]2c2cccc3c2OCCO3)nnn1C1CCNCC1. The lowest BCUT2D eigenvalue weighted by atomic mass is 10.0. The average molecular weight is 397 g/mol. The Bertz CT molecular complexity index is 906. The van der Waals surface area contributed by atoms with E-state index in [1.165, 1.54) is 0 Å². The molecule has 8 nitrogen and oxygen atoms in total. The van der Waals surface area contributed by atoms with E-state index >= 15 is 0 Å². The monoisotopic (exact) mass is 397 g/mol. The van der Waals surface area contributed by atoms with Crippen molar-refractivity contribution in [2.75, 3.05) is 32.8 Å². The molecule has 3 aliphatic heterocycles. The summed E-state index contributed by atoms with van der Waals surface area (Å²) in [6.45, 7) is 5.72. The molecule has 2 fully saturated rings. The normalized spacial score (nSPS) is 22.1. The van der Waals surface area contributed by atoms with E-state index in [0.717, 1.165) is 61.5 Å². The average Bonchev–Trinajstić information content (AvgIpc) is 3.40. The molecule has 2 saturated heterocycles. The number of carbonyl (C=O) groups excluding carboxylic acids is 1. The minimum absolute atomic E-state index is 0.0254. The zero-order valence-electron chi connectivity index (χ0n) is 16.8. The Labute approximate surface area is 170 Å². The number of aromatic nitrogens is 3. The van der Waals surface area contributed by atoms with Gasteiger partial charge < -0.3 is 19.7 Å². The van der Waals surface area contributed by atoms with Crippen LogP contribution in [-0.4, -0.2) is 58.6 Å². The van der Waals surface area contributed by atoms with Gasteiger partial charge in [-0.1, -0.05) is 17.3 Å². The van der Waals surface area contributed by atoms with E-state index in [1.54, 1.807) is 0 Å². The maximum absolute atomic E-state index is 13.4. The highest BCUT2D eigenvalue weighted by Crippen LogP contribution is 2.43. The topological polar surface area (TPSA) is 81.5 Å². The predicted octanol–water partition coefficient (Wildman–Crippen LogP) is 2.26. The van der Waals surface area contributed by atoms with Gasteiger partial charge in [-0.05, 0) is 51.8 Å². The van der Waals surface area contributed by atoms with E-state index < -0.39 is 0 Å². The number of hydrogen-bond acceptors (Lipinski definition) is 6. The highest BCUT2D eigenvalue weighted by Gasteiger charge is 2.36. The van der Waals surface area contributed by atoms with Crippen LogP contribution in [0.25, 0.3) is 0 Å². The molecule has 0 bridgehead atoms. The molecule has 0 spiro atoms. The van der Waals surface area contributed by atoms with Gasteiger partial charge in [0.15, 0.2) is 17.2 Å². The second kappa shape index (κ2) is 7.67. The Hall–Kier alpha value is -2.61. The molecule has 2 aromatic rings. The van der Waals surface area contributed by atoms with Crippen molar-refractivity contribution >= 4 is 5.91 Å². The lowest BCUT2D eigenvalue weighted by Crippen LogP contribution is -2.32. The fourth-order valence-electron chi connectivity index (χ4n) is 4.76. The summed E-state index contributed by atoms with van der Waals surface area (Å²) in [6.07, 6.45) is 3.89. The number of rotatable bonds is 3. The number of amides is 1. The number of benzene rings is 1. The zero-order chi connectivity index (χ0) is 19.8. The molecule has 154 valence electrons. The molecule has 0 radical (unpaired) electrons. The number of carbonyl (C=O) groups is 1. The van der Waals surface area contributed by atoms with Gasteiger partial charge in [-0.3, -0.25) is 4.79 Å². The highest BCUT2D eigenvalue weighted by molar-refractivity contribution is 5.93. The van der Waals surface area contributed by atoms with E-state index in [9.17, 15) is 4.79 Å². The smallest absolute Gasteiger partial charge is 0.276 e. The van der Waals surface area contributed by atoms with Crippen LogP contribution >= 0.6 is 0 Å². The second-order valence-corrected chi connectivity index (χ2v) is 7.98. The van der Waals surface area contributed by atoms with Crippen LogP contribution in [0.3, 0.4) is 0 Å². The maximum atomic E-state index is 13.4. The molecule has 1 atom stereocenters. The second-order valence-electron chi connectivity index (χ2n) is 7.98. The summed E-state index contributed by atoms with van der Waals surface area (Å²) in [6, 6.07) is 6.23. The largest absolute Gasteiger partial charge is 0.486 e. The Morgan fingerprint density at radius 1 is 1.17 bits per heavy atom. The van der Waals surface area contributed by atoms with Gasteiger partial charge in [-0.2, -0.15) is 0 Å². The lowest BCUT2D eigenvalue weighted by Gasteiger charge is -2.28. The van der Waals surface area contributed by atoms with Crippen molar-refractivity contribution in [2.24, 2.45) is 0 Å². The molecular weight excluding hydrogens is 370 g/mol. The number of likely N-dealkylation sites (tertiary alicyclic amines) is 1. The summed E-state index contributed by atoms with van der Waals surface area (Å²) in [5, 5.41) is 12.0. The van der Waals surface area contributed by atoms with E-state index in [0.29, 0.717) is 31.5 Å². The molecule has 0 unspecified atom stereocenters. The number of fused-ring (bicyclic) bond motifs is 1. The molecule has 8 heteroatoms. The molecule has 0 aliphatic carbocycles. The van der Waals surface area contributed by atoms with Crippen molar-refractivity contribution in [1.29, 1.82) is 0 Å². The van der Waals surface area contributed by atoms with Crippen molar-refractivity contribution in [3.8, 4) is 11.5 Å². The van der Waals surface area contributed by atoms with Crippen LogP contribution in [0.15, 0.2) is 18.2 Å². The summed E-state index contributed by atoms with van der Waals surface area (Å²) in [5.41, 5.74) is 2.36. The third-order valence-corrected chi connectivity index (χ3v) is 6.25. The zero-order valence-corrected chi connectivity index (χ0v) is 16.8. The number of para-hydroxylation sites is 1. The molecule has 0 saturated carbocycles. The van der Waals surface area contributed by atoms with Gasteiger partial charge in [0.25, 0.3) is 5.91 Å².